The molecule has 0 bridgehead atoms. The SMILES string of the molecule is CCCCCCCCCCCCCCCCC(C)C(C)(N)Cc1ccccc1. The van der Waals surface area contributed by atoms with Gasteiger partial charge < -0.3 is 5.73 Å². The molecule has 0 aliphatic carbocycles. The van der Waals surface area contributed by atoms with Crippen LogP contribution in [-0.4, -0.2) is 5.54 Å². The Morgan fingerprint density at radius 1 is 0.714 bits per heavy atom. The molecule has 0 spiro atoms. The van der Waals surface area contributed by atoms with Gasteiger partial charge >= 0.3 is 0 Å². The summed E-state index contributed by atoms with van der Waals surface area (Å²) in [5, 5.41) is 0. The van der Waals surface area contributed by atoms with Gasteiger partial charge in [-0.1, -0.05) is 134 Å². The molecular weight excluding hydrogens is 338 g/mol. The molecule has 2 N–H and O–H groups in total. The van der Waals surface area contributed by atoms with Crippen LogP contribution in [0, 0.1) is 5.92 Å². The molecule has 0 amide bonds. The lowest BCUT2D eigenvalue weighted by Crippen LogP contribution is -2.45. The molecular formula is C27H49N. The van der Waals surface area contributed by atoms with Crippen molar-refractivity contribution in [2.24, 2.45) is 11.7 Å². The van der Waals surface area contributed by atoms with E-state index in [1.165, 1.54) is 102 Å². The van der Waals surface area contributed by atoms with Crippen molar-refractivity contribution in [1.82, 2.24) is 0 Å². The van der Waals surface area contributed by atoms with Gasteiger partial charge in [0.05, 0.1) is 0 Å². The first kappa shape index (κ1) is 25.2. The van der Waals surface area contributed by atoms with E-state index in [9.17, 15) is 0 Å². The summed E-state index contributed by atoms with van der Waals surface area (Å²) in [6.07, 6.45) is 22.2. The van der Waals surface area contributed by atoms with Gasteiger partial charge in [-0.3, -0.25) is 0 Å². The predicted molar refractivity (Wildman–Crippen MR) is 127 cm³/mol. The fourth-order valence-corrected chi connectivity index (χ4v) is 4.18. The van der Waals surface area contributed by atoms with Crippen molar-refractivity contribution in [2.75, 3.05) is 0 Å². The van der Waals surface area contributed by atoms with Crippen LogP contribution in [0.1, 0.15) is 123 Å². The van der Waals surface area contributed by atoms with E-state index in [2.05, 4.69) is 51.1 Å². The molecule has 0 heterocycles. The number of nitrogens with two attached hydrogens (primary N) is 1. The van der Waals surface area contributed by atoms with Gasteiger partial charge in [0, 0.05) is 5.54 Å². The van der Waals surface area contributed by atoms with Crippen LogP contribution < -0.4 is 5.73 Å². The largest absolute Gasteiger partial charge is 0.325 e. The number of hydrogen-bond donors (Lipinski definition) is 1. The second kappa shape index (κ2) is 16.0. The Balaban J connectivity index is 1.93. The molecule has 28 heavy (non-hydrogen) atoms. The molecule has 2 atom stereocenters. The fraction of sp³-hybridized carbons (Fsp3) is 0.778. The zero-order valence-electron chi connectivity index (χ0n) is 19.4. The third-order valence-electron chi connectivity index (χ3n) is 6.54. The maximum atomic E-state index is 6.65. The molecule has 0 aliphatic rings. The summed E-state index contributed by atoms with van der Waals surface area (Å²) < 4.78 is 0. The maximum absolute atomic E-state index is 6.65. The highest BCUT2D eigenvalue weighted by molar-refractivity contribution is 5.17. The summed E-state index contributed by atoms with van der Waals surface area (Å²) >= 11 is 0. The summed E-state index contributed by atoms with van der Waals surface area (Å²) in [5.74, 6) is 0.574. The minimum atomic E-state index is -0.0993. The van der Waals surface area contributed by atoms with Gasteiger partial charge in [-0.15, -0.1) is 0 Å². The number of hydrogen-bond acceptors (Lipinski definition) is 1. The Hall–Kier alpha value is -0.820. The first-order chi connectivity index (χ1) is 13.6. The Kier molecular flexibility index (Phi) is 14.4. The molecule has 0 aromatic heterocycles. The van der Waals surface area contributed by atoms with Crippen LogP contribution in [0.3, 0.4) is 0 Å². The zero-order valence-corrected chi connectivity index (χ0v) is 19.4. The van der Waals surface area contributed by atoms with E-state index in [1.54, 1.807) is 0 Å². The lowest BCUT2D eigenvalue weighted by molar-refractivity contribution is 0.289. The van der Waals surface area contributed by atoms with Crippen molar-refractivity contribution in [2.45, 2.75) is 129 Å². The van der Waals surface area contributed by atoms with Crippen LogP contribution in [0.5, 0.6) is 0 Å². The number of rotatable bonds is 18. The third kappa shape index (κ3) is 12.6. The van der Waals surface area contributed by atoms with Gasteiger partial charge in [-0.2, -0.15) is 0 Å². The fourth-order valence-electron chi connectivity index (χ4n) is 4.18. The van der Waals surface area contributed by atoms with E-state index < -0.39 is 0 Å². The Morgan fingerprint density at radius 2 is 1.14 bits per heavy atom. The lowest BCUT2D eigenvalue weighted by Gasteiger charge is -2.32. The van der Waals surface area contributed by atoms with Gasteiger partial charge in [0.25, 0.3) is 0 Å². The van der Waals surface area contributed by atoms with E-state index >= 15 is 0 Å². The van der Waals surface area contributed by atoms with Crippen molar-refractivity contribution in [3.8, 4) is 0 Å². The van der Waals surface area contributed by atoms with E-state index in [-0.39, 0.29) is 5.54 Å². The van der Waals surface area contributed by atoms with Crippen LogP contribution in [0.25, 0.3) is 0 Å². The molecule has 0 aliphatic heterocycles. The number of unbranched alkanes of at least 4 members (excludes halogenated alkanes) is 13. The van der Waals surface area contributed by atoms with Crippen molar-refractivity contribution in [1.29, 1.82) is 0 Å². The first-order valence-electron chi connectivity index (χ1n) is 12.4. The standard InChI is InChI=1S/C27H49N/c1-4-5-6-7-8-9-10-11-12-13-14-15-16-18-21-25(2)27(3,28)24-26-22-19-17-20-23-26/h17,19-20,22-23,25H,4-16,18,21,24,28H2,1-3H3. The van der Waals surface area contributed by atoms with Gasteiger partial charge in [-0.25, -0.2) is 0 Å². The Labute approximate surface area is 176 Å². The minimum Gasteiger partial charge on any atom is -0.325 e. The van der Waals surface area contributed by atoms with E-state index in [1.807, 2.05) is 0 Å². The second-order valence-corrected chi connectivity index (χ2v) is 9.45. The van der Waals surface area contributed by atoms with Crippen molar-refractivity contribution < 1.29 is 0 Å². The van der Waals surface area contributed by atoms with Crippen LogP contribution in [0.15, 0.2) is 30.3 Å². The number of benzene rings is 1. The second-order valence-electron chi connectivity index (χ2n) is 9.45. The van der Waals surface area contributed by atoms with E-state index in [4.69, 9.17) is 5.73 Å². The summed E-state index contributed by atoms with van der Waals surface area (Å²) in [7, 11) is 0. The highest BCUT2D eigenvalue weighted by Gasteiger charge is 2.26. The summed E-state index contributed by atoms with van der Waals surface area (Å²) in [4.78, 5) is 0. The first-order valence-corrected chi connectivity index (χ1v) is 12.4. The molecule has 1 nitrogen and oxygen atoms in total. The van der Waals surface area contributed by atoms with Crippen molar-refractivity contribution in [3.63, 3.8) is 0 Å². The molecule has 162 valence electrons. The van der Waals surface area contributed by atoms with Crippen molar-refractivity contribution >= 4 is 0 Å². The third-order valence-corrected chi connectivity index (χ3v) is 6.54. The van der Waals surface area contributed by atoms with Crippen molar-refractivity contribution in [3.05, 3.63) is 35.9 Å². The van der Waals surface area contributed by atoms with E-state index in [0.29, 0.717) is 5.92 Å². The van der Waals surface area contributed by atoms with Crippen LogP contribution in [0.2, 0.25) is 0 Å². The van der Waals surface area contributed by atoms with E-state index in [0.717, 1.165) is 6.42 Å². The Morgan fingerprint density at radius 3 is 1.61 bits per heavy atom. The zero-order chi connectivity index (χ0) is 20.5. The summed E-state index contributed by atoms with van der Waals surface area (Å²) in [6.45, 7) is 6.86. The molecule has 1 aromatic rings. The molecule has 1 rings (SSSR count). The van der Waals surface area contributed by atoms with Gasteiger partial charge in [0.1, 0.15) is 0 Å². The van der Waals surface area contributed by atoms with Crippen LogP contribution in [-0.2, 0) is 6.42 Å². The topological polar surface area (TPSA) is 26.0 Å². The van der Waals surface area contributed by atoms with Crippen LogP contribution in [0.4, 0.5) is 0 Å². The lowest BCUT2D eigenvalue weighted by atomic mass is 9.79. The molecule has 0 saturated carbocycles. The Bertz CT molecular complexity index is 451. The smallest absolute Gasteiger partial charge is 0.0192 e. The quantitative estimate of drug-likeness (QED) is 0.251. The normalized spacial score (nSPS) is 14.7. The summed E-state index contributed by atoms with van der Waals surface area (Å²) in [5.41, 5.74) is 7.91. The van der Waals surface area contributed by atoms with Crippen LogP contribution >= 0.6 is 0 Å². The average Bonchev–Trinajstić information content (AvgIpc) is 2.68. The maximum Gasteiger partial charge on any atom is 0.0192 e. The average molecular weight is 388 g/mol. The van der Waals surface area contributed by atoms with Gasteiger partial charge in [0.2, 0.25) is 0 Å². The highest BCUT2D eigenvalue weighted by atomic mass is 14.7. The molecule has 0 fully saturated rings. The van der Waals surface area contributed by atoms with Gasteiger partial charge in [-0.05, 0) is 31.2 Å². The molecule has 2 unspecified atom stereocenters. The minimum absolute atomic E-state index is 0.0993. The molecule has 1 aromatic carbocycles. The predicted octanol–water partition coefficient (Wildman–Crippen LogP) is 8.45. The highest BCUT2D eigenvalue weighted by Crippen LogP contribution is 2.25. The molecule has 0 saturated heterocycles. The molecule has 0 radical (unpaired) electrons. The summed E-state index contributed by atoms with van der Waals surface area (Å²) in [6, 6.07) is 10.7. The monoisotopic (exact) mass is 387 g/mol. The van der Waals surface area contributed by atoms with Gasteiger partial charge in [0.15, 0.2) is 0 Å². The molecule has 1 heteroatoms.